The zero-order chi connectivity index (χ0) is 15.9. The SMILES string of the molecule is Clc1cccc(Oc2ccc(OCCOn3cncn3)cc2)c1. The molecule has 0 saturated carbocycles. The van der Waals surface area contributed by atoms with Crippen molar-refractivity contribution in [2.24, 2.45) is 0 Å². The molecule has 7 heteroatoms. The Kier molecular flexibility index (Phi) is 4.95. The van der Waals surface area contributed by atoms with Gasteiger partial charge in [-0.05, 0) is 42.5 Å². The highest BCUT2D eigenvalue weighted by atomic mass is 35.5. The number of halogens is 1. The predicted molar refractivity (Wildman–Crippen MR) is 84.9 cm³/mol. The average molecular weight is 332 g/mol. The molecule has 118 valence electrons. The minimum Gasteiger partial charge on any atom is -0.490 e. The number of aromatic nitrogens is 3. The third kappa shape index (κ3) is 4.62. The van der Waals surface area contributed by atoms with E-state index in [2.05, 4.69) is 10.1 Å². The van der Waals surface area contributed by atoms with Crippen molar-refractivity contribution in [2.75, 3.05) is 13.2 Å². The lowest BCUT2D eigenvalue weighted by Gasteiger charge is -2.09. The van der Waals surface area contributed by atoms with Crippen LogP contribution >= 0.6 is 11.6 Å². The highest BCUT2D eigenvalue weighted by molar-refractivity contribution is 6.30. The third-order valence-corrected chi connectivity index (χ3v) is 3.06. The summed E-state index contributed by atoms with van der Waals surface area (Å²) in [6.07, 6.45) is 2.88. The smallest absolute Gasteiger partial charge is 0.155 e. The van der Waals surface area contributed by atoms with Gasteiger partial charge in [0.1, 0.15) is 30.2 Å². The summed E-state index contributed by atoms with van der Waals surface area (Å²) in [5, 5.41) is 4.45. The number of benzene rings is 2. The summed E-state index contributed by atoms with van der Waals surface area (Å²) in [4.78, 5) is 10.3. The van der Waals surface area contributed by atoms with Gasteiger partial charge in [-0.2, -0.15) is 0 Å². The topological polar surface area (TPSA) is 58.4 Å². The lowest BCUT2D eigenvalue weighted by atomic mass is 10.3. The van der Waals surface area contributed by atoms with E-state index < -0.39 is 0 Å². The van der Waals surface area contributed by atoms with Crippen LogP contribution in [0.15, 0.2) is 61.2 Å². The van der Waals surface area contributed by atoms with Crippen LogP contribution < -0.4 is 14.3 Å². The molecule has 0 aliphatic heterocycles. The molecule has 23 heavy (non-hydrogen) atoms. The molecule has 0 spiro atoms. The highest BCUT2D eigenvalue weighted by Crippen LogP contribution is 2.25. The summed E-state index contributed by atoms with van der Waals surface area (Å²) >= 11 is 5.92. The zero-order valence-corrected chi connectivity index (χ0v) is 12.9. The first-order chi connectivity index (χ1) is 11.3. The Bertz CT molecular complexity index is 733. The van der Waals surface area contributed by atoms with Crippen molar-refractivity contribution in [3.8, 4) is 17.2 Å². The van der Waals surface area contributed by atoms with Crippen LogP contribution in [0.4, 0.5) is 0 Å². The molecule has 0 saturated heterocycles. The molecular formula is C16H14ClN3O3. The second kappa shape index (κ2) is 7.51. The van der Waals surface area contributed by atoms with Crippen molar-refractivity contribution in [3.63, 3.8) is 0 Å². The summed E-state index contributed by atoms with van der Waals surface area (Å²) in [6.45, 7) is 0.762. The number of hydrogen-bond donors (Lipinski definition) is 0. The molecule has 0 amide bonds. The highest BCUT2D eigenvalue weighted by Gasteiger charge is 2.00. The summed E-state index contributed by atoms with van der Waals surface area (Å²) in [7, 11) is 0. The number of rotatable bonds is 7. The van der Waals surface area contributed by atoms with Crippen molar-refractivity contribution in [2.45, 2.75) is 0 Å². The van der Waals surface area contributed by atoms with Crippen LogP contribution in [0.1, 0.15) is 0 Å². The van der Waals surface area contributed by atoms with Gasteiger partial charge in [-0.25, -0.2) is 4.98 Å². The van der Waals surface area contributed by atoms with Gasteiger partial charge in [-0.15, -0.1) is 5.10 Å². The van der Waals surface area contributed by atoms with Crippen LogP contribution in [-0.2, 0) is 0 Å². The van der Waals surface area contributed by atoms with E-state index >= 15 is 0 Å². The minimum absolute atomic E-state index is 0.365. The van der Waals surface area contributed by atoms with E-state index in [-0.39, 0.29) is 0 Å². The van der Waals surface area contributed by atoms with E-state index in [0.717, 1.165) is 5.75 Å². The first kappa shape index (κ1) is 15.2. The molecule has 0 radical (unpaired) electrons. The van der Waals surface area contributed by atoms with E-state index in [1.165, 1.54) is 17.5 Å². The fraction of sp³-hybridized carbons (Fsp3) is 0.125. The monoisotopic (exact) mass is 331 g/mol. The van der Waals surface area contributed by atoms with E-state index in [0.29, 0.717) is 29.7 Å². The summed E-state index contributed by atoms with van der Waals surface area (Å²) in [5.74, 6) is 2.12. The van der Waals surface area contributed by atoms with E-state index in [4.69, 9.17) is 25.9 Å². The molecule has 2 aromatic carbocycles. The summed E-state index contributed by atoms with van der Waals surface area (Å²) in [5.41, 5.74) is 0. The Labute approximate surface area is 138 Å². The Balaban J connectivity index is 1.47. The molecule has 0 aliphatic rings. The summed E-state index contributed by atoms with van der Waals surface area (Å²) < 4.78 is 11.3. The Morgan fingerprint density at radius 3 is 2.52 bits per heavy atom. The lowest BCUT2D eigenvalue weighted by molar-refractivity contribution is 0.0590. The number of hydrogen-bond acceptors (Lipinski definition) is 5. The predicted octanol–water partition coefficient (Wildman–Crippen LogP) is 3.23. The molecule has 0 fully saturated rings. The maximum absolute atomic E-state index is 5.92. The van der Waals surface area contributed by atoms with Crippen molar-refractivity contribution in [3.05, 3.63) is 66.2 Å². The number of ether oxygens (including phenoxy) is 2. The number of nitrogens with zero attached hydrogens (tertiary/aromatic N) is 3. The van der Waals surface area contributed by atoms with Gasteiger partial charge in [0.25, 0.3) is 0 Å². The largest absolute Gasteiger partial charge is 0.490 e. The van der Waals surface area contributed by atoms with Crippen LogP contribution in [0.3, 0.4) is 0 Å². The van der Waals surface area contributed by atoms with Crippen LogP contribution in [0.25, 0.3) is 0 Å². The first-order valence-corrected chi connectivity index (χ1v) is 7.31. The fourth-order valence-corrected chi connectivity index (χ4v) is 2.01. The molecule has 1 aromatic heterocycles. The third-order valence-electron chi connectivity index (χ3n) is 2.83. The summed E-state index contributed by atoms with van der Waals surface area (Å²) in [6, 6.07) is 14.6. The van der Waals surface area contributed by atoms with Crippen LogP contribution in [0.2, 0.25) is 5.02 Å². The molecule has 3 rings (SSSR count). The van der Waals surface area contributed by atoms with E-state index in [1.807, 2.05) is 36.4 Å². The molecular weight excluding hydrogens is 318 g/mol. The Morgan fingerprint density at radius 1 is 0.957 bits per heavy atom. The van der Waals surface area contributed by atoms with Crippen molar-refractivity contribution < 1.29 is 14.3 Å². The standard InChI is InChI=1S/C16H14ClN3O3/c17-13-2-1-3-16(10-13)23-15-6-4-14(5-7-15)21-8-9-22-20-12-18-11-19-20/h1-7,10-12H,8-9H2. The second-order valence-electron chi connectivity index (χ2n) is 4.51. The molecule has 3 aromatic rings. The maximum atomic E-state index is 5.92. The van der Waals surface area contributed by atoms with E-state index in [1.54, 1.807) is 12.1 Å². The van der Waals surface area contributed by atoms with Gasteiger partial charge in [0, 0.05) is 5.02 Å². The van der Waals surface area contributed by atoms with E-state index in [9.17, 15) is 0 Å². The molecule has 1 heterocycles. The van der Waals surface area contributed by atoms with Gasteiger partial charge < -0.3 is 14.3 Å². The molecule has 0 bridgehead atoms. The lowest BCUT2D eigenvalue weighted by Crippen LogP contribution is -2.18. The van der Waals surface area contributed by atoms with Gasteiger partial charge in [0.15, 0.2) is 12.9 Å². The Hall–Kier alpha value is -2.73. The quantitative estimate of drug-likeness (QED) is 0.622. The second-order valence-corrected chi connectivity index (χ2v) is 4.95. The van der Waals surface area contributed by atoms with Gasteiger partial charge in [-0.3, -0.25) is 0 Å². The van der Waals surface area contributed by atoms with Crippen molar-refractivity contribution in [1.82, 2.24) is 14.9 Å². The maximum Gasteiger partial charge on any atom is 0.155 e. The van der Waals surface area contributed by atoms with Gasteiger partial charge >= 0.3 is 0 Å². The Morgan fingerprint density at radius 2 is 1.78 bits per heavy atom. The fourth-order valence-electron chi connectivity index (χ4n) is 1.82. The van der Waals surface area contributed by atoms with Gasteiger partial charge in [-0.1, -0.05) is 22.5 Å². The normalized spacial score (nSPS) is 10.3. The van der Waals surface area contributed by atoms with Crippen LogP contribution in [0.5, 0.6) is 17.2 Å². The zero-order valence-electron chi connectivity index (χ0n) is 12.1. The first-order valence-electron chi connectivity index (χ1n) is 6.94. The van der Waals surface area contributed by atoms with Crippen molar-refractivity contribution in [1.29, 1.82) is 0 Å². The van der Waals surface area contributed by atoms with Gasteiger partial charge in [0.2, 0.25) is 0 Å². The molecule has 0 N–H and O–H groups in total. The molecule has 0 atom stereocenters. The molecule has 0 unspecified atom stereocenters. The van der Waals surface area contributed by atoms with Gasteiger partial charge in [0.05, 0.1) is 0 Å². The molecule has 6 nitrogen and oxygen atoms in total. The molecule has 0 aliphatic carbocycles. The van der Waals surface area contributed by atoms with Crippen LogP contribution in [-0.4, -0.2) is 28.1 Å². The van der Waals surface area contributed by atoms with Crippen LogP contribution in [0, 0.1) is 0 Å². The average Bonchev–Trinajstić information content (AvgIpc) is 3.07. The minimum atomic E-state index is 0.365. The van der Waals surface area contributed by atoms with Crippen molar-refractivity contribution >= 4 is 11.6 Å².